The molecule has 7 bridgehead atoms. The lowest BCUT2D eigenvalue weighted by Gasteiger charge is -2.38. The molecule has 0 spiro atoms. The summed E-state index contributed by atoms with van der Waals surface area (Å²) in [6.45, 7) is 12.9. The van der Waals surface area contributed by atoms with Crippen molar-refractivity contribution in [3.05, 3.63) is 53.7 Å². The number of hydrogen-bond acceptors (Lipinski definition) is 13. The number of esters is 1. The average molecular weight is 707 g/mol. The standard InChI is InChI=1S/C38H46N2O11/c1-16-11-10-12-17(2)37-39-15-23-28(40-37)33(46)26-25(32(23)45)27-35(21(6)31(26)44)51-38(8,36(27)47)49-14-13-24(48-9)18(3)34(50-22(7)41)20(5)30(43)19(4)29(16)42/h10-16,18-20,24,29-30,34,42-46H,1-9H3/b11-10+,14-13+,17-12+. The topological polar surface area (TPSA) is 198 Å². The summed E-state index contributed by atoms with van der Waals surface area (Å²) in [5, 5.41) is 56.8. The highest BCUT2D eigenvalue weighted by Gasteiger charge is 2.49. The van der Waals surface area contributed by atoms with Gasteiger partial charge in [0.05, 0.1) is 40.9 Å². The number of rotatable bonds is 2. The van der Waals surface area contributed by atoms with Crippen molar-refractivity contribution in [2.45, 2.75) is 85.6 Å². The fourth-order valence-electron chi connectivity index (χ4n) is 7.08. The van der Waals surface area contributed by atoms with Crippen LogP contribution in [0.15, 0.2) is 36.8 Å². The van der Waals surface area contributed by atoms with Gasteiger partial charge in [-0.2, -0.15) is 0 Å². The van der Waals surface area contributed by atoms with Crippen LogP contribution in [0.5, 0.6) is 23.0 Å². The molecule has 0 fully saturated rings. The first kappa shape index (κ1) is 37.5. The molecule has 6 rings (SSSR count). The van der Waals surface area contributed by atoms with Crippen LogP contribution in [0.2, 0.25) is 0 Å². The van der Waals surface area contributed by atoms with Gasteiger partial charge < -0.3 is 44.5 Å². The van der Waals surface area contributed by atoms with Crippen LogP contribution < -0.4 is 4.74 Å². The molecule has 2 aromatic carbocycles. The first-order chi connectivity index (χ1) is 23.9. The van der Waals surface area contributed by atoms with E-state index < -0.39 is 82.9 Å². The first-order valence-corrected chi connectivity index (χ1v) is 16.8. The number of fused-ring (bicyclic) bond motifs is 12. The Morgan fingerprint density at radius 1 is 0.941 bits per heavy atom. The van der Waals surface area contributed by atoms with Gasteiger partial charge in [-0.15, -0.1) is 0 Å². The number of carbonyl (C=O) groups is 2. The zero-order chi connectivity index (χ0) is 37.7. The van der Waals surface area contributed by atoms with E-state index in [1.165, 1.54) is 46.4 Å². The first-order valence-electron chi connectivity index (χ1n) is 16.8. The fourth-order valence-corrected chi connectivity index (χ4v) is 7.08. The number of carbonyl (C=O) groups excluding carboxylic acids is 2. The summed E-state index contributed by atoms with van der Waals surface area (Å²) in [4.78, 5) is 35.2. The van der Waals surface area contributed by atoms with E-state index in [2.05, 4.69) is 9.97 Å². The van der Waals surface area contributed by atoms with Gasteiger partial charge in [-0.25, -0.2) is 9.97 Å². The quantitative estimate of drug-likeness (QED) is 0.132. The Morgan fingerprint density at radius 2 is 1.63 bits per heavy atom. The van der Waals surface area contributed by atoms with E-state index >= 15 is 0 Å². The lowest BCUT2D eigenvalue weighted by molar-refractivity contribution is -0.160. The highest BCUT2D eigenvalue weighted by Crippen LogP contribution is 2.54. The maximum atomic E-state index is 14.1. The molecular weight excluding hydrogens is 660 g/mol. The molecule has 51 heavy (non-hydrogen) atoms. The molecule has 9 unspecified atom stereocenters. The predicted octanol–water partition coefficient (Wildman–Crippen LogP) is 5.22. The monoisotopic (exact) mass is 706 g/mol. The molecule has 0 aliphatic carbocycles. The van der Waals surface area contributed by atoms with Crippen LogP contribution in [0.3, 0.4) is 0 Å². The van der Waals surface area contributed by atoms with Crippen molar-refractivity contribution in [1.29, 1.82) is 0 Å². The summed E-state index contributed by atoms with van der Waals surface area (Å²) >= 11 is 0. The number of ketones is 1. The van der Waals surface area contributed by atoms with Crippen molar-refractivity contribution < 1.29 is 54.1 Å². The summed E-state index contributed by atoms with van der Waals surface area (Å²) in [5.74, 6) is -6.61. The smallest absolute Gasteiger partial charge is 0.312 e. The molecule has 9 atom stereocenters. The van der Waals surface area contributed by atoms with Gasteiger partial charge in [-0.1, -0.05) is 45.9 Å². The van der Waals surface area contributed by atoms with Crippen LogP contribution in [-0.4, -0.2) is 84.6 Å². The third-order valence-corrected chi connectivity index (χ3v) is 10.3. The highest BCUT2D eigenvalue weighted by molar-refractivity contribution is 6.23. The largest absolute Gasteiger partial charge is 0.507 e. The van der Waals surface area contributed by atoms with E-state index in [1.54, 1.807) is 45.9 Å². The summed E-state index contributed by atoms with van der Waals surface area (Å²) in [6.07, 6.45) is 5.58. The number of aromatic nitrogens is 2. The van der Waals surface area contributed by atoms with Gasteiger partial charge in [0.2, 0.25) is 0 Å². The number of aliphatic hydroxyl groups excluding tert-OH is 2. The van der Waals surface area contributed by atoms with Crippen LogP contribution in [-0.2, 0) is 19.0 Å². The molecule has 5 N–H and O–H groups in total. The van der Waals surface area contributed by atoms with Gasteiger partial charge in [0, 0.05) is 61.8 Å². The van der Waals surface area contributed by atoms with Crippen LogP contribution in [0, 0.1) is 30.6 Å². The Bertz CT molecular complexity index is 1970. The van der Waals surface area contributed by atoms with Gasteiger partial charge in [0.15, 0.2) is 11.6 Å². The Hall–Kier alpha value is -4.72. The number of phenolic OH excluding ortho intramolecular Hbond substituents is 3. The van der Waals surface area contributed by atoms with Gasteiger partial charge in [0.25, 0.3) is 5.78 Å². The van der Waals surface area contributed by atoms with Crippen LogP contribution in [0.1, 0.15) is 70.2 Å². The molecule has 4 heterocycles. The number of ether oxygens (including phenoxy) is 4. The maximum absolute atomic E-state index is 14.1. The second-order valence-corrected chi connectivity index (χ2v) is 13.8. The average Bonchev–Trinajstić information content (AvgIpc) is 3.36. The van der Waals surface area contributed by atoms with Crippen molar-refractivity contribution in [2.24, 2.45) is 23.7 Å². The number of Topliss-reactive ketones (excluding diaryl/α,β-unsaturated/α-hetero) is 1. The molecule has 3 aromatic rings. The minimum atomic E-state index is -1.96. The second-order valence-electron chi connectivity index (χ2n) is 13.8. The molecule has 0 radical (unpaired) electrons. The minimum Gasteiger partial charge on any atom is -0.507 e. The molecule has 3 aliphatic rings. The zero-order valence-corrected chi connectivity index (χ0v) is 30.2. The van der Waals surface area contributed by atoms with E-state index in [0.717, 1.165) is 0 Å². The molecule has 0 amide bonds. The Morgan fingerprint density at radius 3 is 2.27 bits per heavy atom. The molecule has 13 nitrogen and oxygen atoms in total. The number of aliphatic hydroxyl groups is 2. The molecule has 0 saturated carbocycles. The van der Waals surface area contributed by atoms with Gasteiger partial charge >= 0.3 is 11.8 Å². The number of benzene rings is 2. The lowest BCUT2D eigenvalue weighted by atomic mass is 9.78. The van der Waals surface area contributed by atoms with Crippen LogP contribution >= 0.6 is 0 Å². The van der Waals surface area contributed by atoms with Gasteiger partial charge in [-0.05, 0) is 25.5 Å². The SMILES string of the molecule is COC1/C=C/OC2(C)Oc3c(C)c(O)c4c(O)c5nc(ncc5c(O)c4c3C2=O)/C(C)=C/C=C/C(C)C(O)C(C)C(O)C(C)C(OC(C)=O)C1C. The second kappa shape index (κ2) is 14.1. The summed E-state index contributed by atoms with van der Waals surface area (Å²) in [6, 6.07) is 0. The Labute approximate surface area is 295 Å². The van der Waals surface area contributed by atoms with E-state index in [9.17, 15) is 35.1 Å². The van der Waals surface area contributed by atoms with Crippen molar-refractivity contribution in [2.75, 3.05) is 7.11 Å². The number of phenols is 3. The third-order valence-electron chi connectivity index (χ3n) is 10.3. The Kier molecular flexibility index (Phi) is 10.4. The Balaban J connectivity index is 1.70. The minimum absolute atomic E-state index is 0.0343. The summed E-state index contributed by atoms with van der Waals surface area (Å²) in [7, 11) is 1.45. The maximum Gasteiger partial charge on any atom is 0.312 e. The van der Waals surface area contributed by atoms with Gasteiger partial charge in [-0.3, -0.25) is 9.59 Å². The van der Waals surface area contributed by atoms with Crippen molar-refractivity contribution in [3.63, 3.8) is 0 Å². The van der Waals surface area contributed by atoms with Gasteiger partial charge in [0.1, 0.15) is 28.9 Å². The third kappa shape index (κ3) is 6.49. The number of allylic oxidation sites excluding steroid dienone is 3. The van der Waals surface area contributed by atoms with Crippen molar-refractivity contribution in [1.82, 2.24) is 9.97 Å². The van der Waals surface area contributed by atoms with Crippen molar-refractivity contribution in [3.8, 4) is 23.0 Å². The number of nitrogens with zero attached hydrogens (tertiary/aromatic N) is 2. The van der Waals surface area contributed by atoms with E-state index in [1.807, 2.05) is 6.92 Å². The predicted molar refractivity (Wildman–Crippen MR) is 188 cm³/mol. The summed E-state index contributed by atoms with van der Waals surface area (Å²) < 4.78 is 23.4. The van der Waals surface area contributed by atoms with E-state index in [0.29, 0.717) is 5.57 Å². The van der Waals surface area contributed by atoms with Crippen LogP contribution in [0.4, 0.5) is 0 Å². The number of aromatic hydroxyl groups is 3. The fraction of sp³-hybridized carbons (Fsp3) is 0.474. The molecular formula is C38H46N2O11. The van der Waals surface area contributed by atoms with E-state index in [-0.39, 0.29) is 44.4 Å². The van der Waals surface area contributed by atoms with Crippen molar-refractivity contribution >= 4 is 39.0 Å². The van der Waals surface area contributed by atoms with Crippen LogP contribution in [0.25, 0.3) is 27.2 Å². The summed E-state index contributed by atoms with van der Waals surface area (Å²) in [5.41, 5.74) is 0.551. The lowest BCUT2D eigenvalue weighted by Crippen LogP contribution is -2.46. The normalized spacial score (nSPS) is 32.5. The highest BCUT2D eigenvalue weighted by atomic mass is 16.7. The number of methoxy groups -OCH3 is 1. The molecule has 1 aromatic heterocycles. The molecule has 3 aliphatic heterocycles. The molecule has 13 heteroatoms. The van der Waals surface area contributed by atoms with E-state index in [4.69, 9.17) is 18.9 Å². The zero-order valence-electron chi connectivity index (χ0n) is 30.2. The molecule has 0 saturated heterocycles. The number of hydrogen-bond donors (Lipinski definition) is 5. The molecule has 274 valence electrons.